The lowest BCUT2D eigenvalue weighted by molar-refractivity contribution is -0.140. The third-order valence-corrected chi connectivity index (χ3v) is 7.32. The monoisotopic (exact) mass is 431 g/mol. The normalized spacial score (nSPS) is 18.8. The molecule has 150 valence electrons. The van der Waals surface area contributed by atoms with Crippen LogP contribution in [0.1, 0.15) is 5.56 Å². The van der Waals surface area contributed by atoms with Crippen molar-refractivity contribution in [1.82, 2.24) is 4.31 Å². The molecule has 10 heteroatoms. The van der Waals surface area contributed by atoms with E-state index in [1.807, 2.05) is 0 Å². The molecule has 3 rings (SSSR count). The van der Waals surface area contributed by atoms with Crippen LogP contribution in [0.2, 0.25) is 0 Å². The van der Waals surface area contributed by atoms with Gasteiger partial charge in [-0.2, -0.15) is 29.2 Å². The number of carboxylic acid groups (broad SMARTS) is 1. The van der Waals surface area contributed by atoms with E-state index in [2.05, 4.69) is 0 Å². The van der Waals surface area contributed by atoms with Gasteiger partial charge in [0.05, 0.1) is 10.5 Å². The van der Waals surface area contributed by atoms with Crippen LogP contribution in [0.15, 0.2) is 53.4 Å². The topological polar surface area (TPSA) is 74.7 Å². The van der Waals surface area contributed by atoms with Crippen molar-refractivity contribution in [2.24, 2.45) is 0 Å². The van der Waals surface area contributed by atoms with E-state index >= 15 is 0 Å². The molecule has 5 nitrogen and oxygen atoms in total. The van der Waals surface area contributed by atoms with Crippen LogP contribution in [0, 0.1) is 0 Å². The van der Waals surface area contributed by atoms with E-state index < -0.39 is 33.8 Å². The van der Waals surface area contributed by atoms with Crippen LogP contribution >= 0.6 is 11.8 Å². The van der Waals surface area contributed by atoms with Crippen molar-refractivity contribution in [2.75, 3.05) is 18.1 Å². The quantitative estimate of drug-likeness (QED) is 0.801. The third kappa shape index (κ3) is 4.18. The van der Waals surface area contributed by atoms with Gasteiger partial charge in [0.2, 0.25) is 10.0 Å². The van der Waals surface area contributed by atoms with E-state index in [1.54, 1.807) is 0 Å². The zero-order valence-corrected chi connectivity index (χ0v) is 16.0. The number of nitrogens with zero attached hydrogens (tertiary/aromatic N) is 1. The Labute approximate surface area is 164 Å². The number of aliphatic carboxylic acids is 1. The molecule has 0 radical (unpaired) electrons. The zero-order chi connectivity index (χ0) is 20.5. The lowest BCUT2D eigenvalue weighted by Gasteiger charge is -2.31. The fourth-order valence-corrected chi connectivity index (χ4v) is 5.71. The van der Waals surface area contributed by atoms with Crippen molar-refractivity contribution in [3.05, 3.63) is 54.1 Å². The van der Waals surface area contributed by atoms with Crippen LogP contribution in [0.5, 0.6) is 0 Å². The molecule has 1 saturated heterocycles. The van der Waals surface area contributed by atoms with Gasteiger partial charge < -0.3 is 5.11 Å². The first-order valence-electron chi connectivity index (χ1n) is 8.21. The van der Waals surface area contributed by atoms with E-state index in [9.17, 15) is 31.5 Å². The highest BCUT2D eigenvalue weighted by molar-refractivity contribution is 7.99. The summed E-state index contributed by atoms with van der Waals surface area (Å²) in [5.41, 5.74) is 0.296. The second-order valence-electron chi connectivity index (χ2n) is 6.14. The Balaban J connectivity index is 1.86. The number of carboxylic acids is 1. The molecule has 0 aliphatic carbocycles. The molecule has 0 aromatic heterocycles. The van der Waals surface area contributed by atoms with Gasteiger partial charge in [-0.15, -0.1) is 0 Å². The third-order valence-electron chi connectivity index (χ3n) is 4.37. The highest BCUT2D eigenvalue weighted by atomic mass is 32.2. The Morgan fingerprint density at radius 1 is 1.04 bits per heavy atom. The van der Waals surface area contributed by atoms with Crippen LogP contribution in [-0.4, -0.2) is 47.9 Å². The fraction of sp³-hybridized carbons (Fsp3) is 0.278. The minimum Gasteiger partial charge on any atom is -0.480 e. The van der Waals surface area contributed by atoms with Crippen LogP contribution in [0.3, 0.4) is 0 Å². The summed E-state index contributed by atoms with van der Waals surface area (Å²) >= 11 is 1.38. The smallest absolute Gasteiger partial charge is 0.416 e. The molecule has 0 bridgehead atoms. The van der Waals surface area contributed by atoms with E-state index in [0.717, 1.165) is 16.4 Å². The van der Waals surface area contributed by atoms with E-state index in [1.165, 1.54) is 48.2 Å². The summed E-state index contributed by atoms with van der Waals surface area (Å²) in [4.78, 5) is 11.3. The molecule has 2 aromatic rings. The van der Waals surface area contributed by atoms with E-state index in [-0.39, 0.29) is 17.2 Å². The Morgan fingerprint density at radius 3 is 2.07 bits per heavy atom. The molecule has 1 atom stereocenters. The van der Waals surface area contributed by atoms with Gasteiger partial charge >= 0.3 is 12.1 Å². The number of alkyl halides is 3. The molecule has 1 unspecified atom stereocenters. The van der Waals surface area contributed by atoms with Gasteiger partial charge in [-0.25, -0.2) is 8.42 Å². The fourth-order valence-electron chi connectivity index (χ4n) is 2.88. The second-order valence-corrected chi connectivity index (χ2v) is 9.18. The van der Waals surface area contributed by atoms with Crippen LogP contribution < -0.4 is 0 Å². The summed E-state index contributed by atoms with van der Waals surface area (Å²) in [7, 11) is -3.99. The Morgan fingerprint density at radius 2 is 1.57 bits per heavy atom. The van der Waals surface area contributed by atoms with Crippen LogP contribution in [-0.2, 0) is 21.0 Å². The Bertz CT molecular complexity index is 958. The Hall–Kier alpha value is -2.04. The van der Waals surface area contributed by atoms with Crippen molar-refractivity contribution in [2.45, 2.75) is 17.1 Å². The lowest BCUT2D eigenvalue weighted by atomic mass is 10.0. The largest absolute Gasteiger partial charge is 0.480 e. The molecule has 0 saturated carbocycles. The van der Waals surface area contributed by atoms with E-state index in [4.69, 9.17) is 0 Å². The summed E-state index contributed by atoms with van der Waals surface area (Å²) in [6.07, 6.45) is -4.43. The summed E-state index contributed by atoms with van der Waals surface area (Å²) in [6.45, 7) is 0.102. The van der Waals surface area contributed by atoms with E-state index in [0.29, 0.717) is 16.9 Å². The van der Waals surface area contributed by atoms with Crippen molar-refractivity contribution < 1.29 is 31.5 Å². The van der Waals surface area contributed by atoms with Gasteiger partial charge in [-0.05, 0) is 35.4 Å². The van der Waals surface area contributed by atoms with Crippen LogP contribution in [0.4, 0.5) is 13.2 Å². The summed E-state index contributed by atoms with van der Waals surface area (Å²) in [6, 6.07) is 9.08. The number of hydrogen-bond donors (Lipinski definition) is 1. The molecule has 1 N–H and O–H groups in total. The Kier molecular flexibility index (Phi) is 5.74. The van der Waals surface area contributed by atoms with Gasteiger partial charge in [-0.3, -0.25) is 4.79 Å². The molecule has 0 amide bonds. The number of halogens is 3. The number of hydrogen-bond acceptors (Lipinski definition) is 4. The zero-order valence-electron chi connectivity index (χ0n) is 14.4. The minimum absolute atomic E-state index is 0.0543. The first kappa shape index (κ1) is 20.7. The SMILES string of the molecule is O=C(O)C1CSCCN1S(=O)(=O)c1ccc(-c2ccc(C(F)(F)F)cc2)cc1. The molecular formula is C18H16F3NO4S2. The summed E-state index contributed by atoms with van der Waals surface area (Å²) in [5, 5.41) is 9.29. The average molecular weight is 431 g/mol. The predicted octanol–water partition coefficient (Wildman–Crippen LogP) is 3.56. The van der Waals surface area contributed by atoms with Gasteiger partial charge in [-0.1, -0.05) is 24.3 Å². The van der Waals surface area contributed by atoms with Crippen molar-refractivity contribution >= 4 is 27.8 Å². The van der Waals surface area contributed by atoms with Gasteiger partial charge in [0.15, 0.2) is 0 Å². The first-order valence-corrected chi connectivity index (χ1v) is 10.8. The highest BCUT2D eigenvalue weighted by Crippen LogP contribution is 2.32. The van der Waals surface area contributed by atoms with Gasteiger partial charge in [0.1, 0.15) is 6.04 Å². The lowest BCUT2D eigenvalue weighted by Crippen LogP contribution is -2.50. The summed E-state index contributed by atoms with van der Waals surface area (Å²) < 4.78 is 64.6. The molecule has 1 heterocycles. The summed E-state index contributed by atoms with van der Waals surface area (Å²) in [5.74, 6) is -0.512. The number of rotatable bonds is 4. The van der Waals surface area contributed by atoms with Gasteiger partial charge in [0.25, 0.3) is 0 Å². The molecule has 2 aromatic carbocycles. The van der Waals surface area contributed by atoms with Gasteiger partial charge in [0, 0.05) is 18.1 Å². The van der Waals surface area contributed by atoms with Crippen molar-refractivity contribution in [3.8, 4) is 11.1 Å². The first-order chi connectivity index (χ1) is 13.1. The predicted molar refractivity (Wildman–Crippen MR) is 99.5 cm³/mol. The van der Waals surface area contributed by atoms with Crippen LogP contribution in [0.25, 0.3) is 11.1 Å². The molecule has 28 heavy (non-hydrogen) atoms. The maximum Gasteiger partial charge on any atom is 0.416 e. The maximum absolute atomic E-state index is 12.8. The minimum atomic E-state index is -4.43. The van der Waals surface area contributed by atoms with Crippen molar-refractivity contribution in [1.29, 1.82) is 0 Å². The second kappa shape index (κ2) is 7.76. The molecule has 1 aliphatic heterocycles. The molecule has 0 spiro atoms. The van der Waals surface area contributed by atoms with Crippen molar-refractivity contribution in [3.63, 3.8) is 0 Å². The number of sulfonamides is 1. The molecular weight excluding hydrogens is 415 g/mol. The number of thioether (sulfide) groups is 1. The maximum atomic E-state index is 12.8. The highest BCUT2D eigenvalue weighted by Gasteiger charge is 2.38. The molecule has 1 aliphatic rings. The average Bonchev–Trinajstić information content (AvgIpc) is 2.67. The number of carbonyl (C=O) groups is 1. The number of benzene rings is 2. The standard InChI is InChI=1S/C18H16F3NO4S2/c19-18(20,21)14-5-1-12(2-6-14)13-3-7-15(8-4-13)28(25,26)22-9-10-27-11-16(22)17(23)24/h1-8,16H,9-11H2,(H,23,24). The molecule has 1 fully saturated rings.